The van der Waals surface area contributed by atoms with E-state index in [9.17, 15) is 9.59 Å². The van der Waals surface area contributed by atoms with Crippen LogP contribution in [0.2, 0.25) is 0 Å². The summed E-state index contributed by atoms with van der Waals surface area (Å²) < 4.78 is 5.95. The minimum atomic E-state index is -0.465. The highest BCUT2D eigenvalue weighted by Gasteiger charge is 2.67. The van der Waals surface area contributed by atoms with E-state index in [0.717, 1.165) is 23.6 Å². The molecule has 3 fully saturated rings. The Balaban J connectivity index is 1.60. The van der Waals surface area contributed by atoms with E-state index >= 15 is 0 Å². The third-order valence-corrected chi connectivity index (χ3v) is 5.75. The average molecular weight is 307 g/mol. The van der Waals surface area contributed by atoms with Crippen molar-refractivity contribution in [3.05, 3.63) is 42.5 Å². The Morgan fingerprint density at radius 1 is 1.09 bits per heavy atom. The Morgan fingerprint density at radius 3 is 2.65 bits per heavy atom. The number of ether oxygens (including phenoxy) is 1. The molecule has 0 N–H and O–H groups in total. The highest BCUT2D eigenvalue weighted by molar-refractivity contribution is 6.23. The molecule has 4 atom stereocenters. The van der Waals surface area contributed by atoms with Crippen LogP contribution in [0.4, 0.5) is 5.69 Å². The maximum atomic E-state index is 13.0. The number of rotatable bonds is 1. The minimum Gasteiger partial charge on any atom is -0.370 e. The molecule has 0 aromatic heterocycles. The molecule has 23 heavy (non-hydrogen) atoms. The van der Waals surface area contributed by atoms with Gasteiger partial charge in [0.15, 0.2) is 0 Å². The average Bonchev–Trinajstić information content (AvgIpc) is 3.16. The second kappa shape index (κ2) is 4.20. The summed E-state index contributed by atoms with van der Waals surface area (Å²) >= 11 is 0. The molecule has 2 bridgehead atoms. The fraction of sp³-hybridized carbons (Fsp3) is 0.368. The van der Waals surface area contributed by atoms with Gasteiger partial charge >= 0.3 is 0 Å². The zero-order valence-corrected chi connectivity index (χ0v) is 12.9. The lowest BCUT2D eigenvalue weighted by molar-refractivity contribution is -0.126. The van der Waals surface area contributed by atoms with E-state index in [1.54, 1.807) is 0 Å². The van der Waals surface area contributed by atoms with Gasteiger partial charge in [0.25, 0.3) is 0 Å². The molecule has 1 unspecified atom stereocenters. The molecule has 3 saturated heterocycles. The molecule has 116 valence electrons. The van der Waals surface area contributed by atoms with Gasteiger partial charge in [0.2, 0.25) is 11.8 Å². The van der Waals surface area contributed by atoms with Crippen LogP contribution in [0.15, 0.2) is 42.5 Å². The van der Waals surface area contributed by atoms with Crippen molar-refractivity contribution in [2.45, 2.75) is 31.5 Å². The predicted octanol–water partition coefficient (Wildman–Crippen LogP) is 2.90. The maximum absolute atomic E-state index is 13.0. The Labute approximate surface area is 134 Å². The summed E-state index contributed by atoms with van der Waals surface area (Å²) in [5.74, 6) is -0.809. The lowest BCUT2D eigenvalue weighted by Gasteiger charge is -2.26. The normalized spacial score (nSPS) is 35.3. The lowest BCUT2D eigenvalue weighted by Crippen LogP contribution is -2.39. The monoisotopic (exact) mass is 307 g/mol. The van der Waals surface area contributed by atoms with Gasteiger partial charge in [-0.15, -0.1) is 0 Å². The van der Waals surface area contributed by atoms with E-state index in [-0.39, 0.29) is 29.8 Å². The number of carbonyl (C=O) groups is 2. The molecule has 5 rings (SSSR count). The van der Waals surface area contributed by atoms with Crippen LogP contribution in [-0.4, -0.2) is 23.5 Å². The van der Waals surface area contributed by atoms with Gasteiger partial charge in [-0.3, -0.25) is 9.59 Å². The third-order valence-electron chi connectivity index (χ3n) is 5.75. The molecule has 4 nitrogen and oxygen atoms in total. The van der Waals surface area contributed by atoms with E-state index < -0.39 is 5.60 Å². The number of nitrogens with zero attached hydrogens (tertiary/aromatic N) is 1. The quantitative estimate of drug-likeness (QED) is 0.761. The van der Waals surface area contributed by atoms with Crippen molar-refractivity contribution in [3.63, 3.8) is 0 Å². The first-order valence-electron chi connectivity index (χ1n) is 8.13. The van der Waals surface area contributed by atoms with E-state index in [2.05, 4.69) is 0 Å². The molecule has 4 heteroatoms. The number of amides is 2. The largest absolute Gasteiger partial charge is 0.370 e. The van der Waals surface area contributed by atoms with E-state index in [1.165, 1.54) is 4.90 Å². The van der Waals surface area contributed by atoms with Crippen molar-refractivity contribution in [3.8, 4) is 0 Å². The minimum absolute atomic E-state index is 0.0908. The SMILES string of the molecule is CC12CC[C@@H](O1)[C@@H]1C(=O)N(c3ccc4ccccc4c3)C(=O)[C@@H]12. The van der Waals surface area contributed by atoms with Crippen molar-refractivity contribution in [1.29, 1.82) is 0 Å². The van der Waals surface area contributed by atoms with Crippen molar-refractivity contribution in [1.82, 2.24) is 0 Å². The third kappa shape index (κ3) is 1.59. The summed E-state index contributed by atoms with van der Waals surface area (Å²) in [6.45, 7) is 1.98. The van der Waals surface area contributed by atoms with Crippen LogP contribution in [0, 0.1) is 11.8 Å². The number of carbonyl (C=O) groups excluding carboxylic acids is 2. The molecule has 0 aliphatic carbocycles. The molecular weight excluding hydrogens is 290 g/mol. The molecule has 0 saturated carbocycles. The van der Waals surface area contributed by atoms with E-state index in [0.29, 0.717) is 5.69 Å². The Hall–Kier alpha value is -2.20. The lowest BCUT2D eigenvalue weighted by atomic mass is 9.74. The van der Waals surface area contributed by atoms with Gasteiger partial charge in [-0.2, -0.15) is 0 Å². The highest BCUT2D eigenvalue weighted by Crippen LogP contribution is 2.55. The van der Waals surface area contributed by atoms with Crippen molar-refractivity contribution in [2.75, 3.05) is 4.90 Å². The Morgan fingerprint density at radius 2 is 1.87 bits per heavy atom. The standard InChI is InChI=1S/C19H17NO3/c1-19-9-8-14(23-19)15-16(19)18(22)20(17(15)21)13-7-6-11-4-2-3-5-12(11)10-13/h2-7,10,14-16H,8-9H2,1H3/t14-,15+,16-,19?/m1/s1. The van der Waals surface area contributed by atoms with E-state index in [4.69, 9.17) is 4.74 Å². The topological polar surface area (TPSA) is 46.6 Å². The van der Waals surface area contributed by atoms with Gasteiger partial charge in [-0.25, -0.2) is 4.90 Å². The fourth-order valence-electron chi connectivity index (χ4n) is 4.65. The molecule has 3 aliphatic heterocycles. The zero-order chi connectivity index (χ0) is 15.8. The van der Waals surface area contributed by atoms with Gasteiger partial charge in [0.1, 0.15) is 0 Å². The summed E-state index contributed by atoms with van der Waals surface area (Å²) in [6, 6.07) is 13.7. The molecule has 2 aromatic rings. The van der Waals surface area contributed by atoms with Crippen LogP contribution in [0.5, 0.6) is 0 Å². The number of imide groups is 1. The van der Waals surface area contributed by atoms with Crippen LogP contribution in [0.3, 0.4) is 0 Å². The summed E-state index contributed by atoms with van der Waals surface area (Å²) in [4.78, 5) is 27.2. The van der Waals surface area contributed by atoms with Crippen molar-refractivity contribution < 1.29 is 14.3 Å². The molecular formula is C19H17NO3. The van der Waals surface area contributed by atoms with E-state index in [1.807, 2.05) is 49.4 Å². The van der Waals surface area contributed by atoms with Crippen LogP contribution in [-0.2, 0) is 14.3 Å². The molecule has 2 aromatic carbocycles. The van der Waals surface area contributed by atoms with Crippen LogP contribution >= 0.6 is 0 Å². The van der Waals surface area contributed by atoms with Crippen LogP contribution in [0.1, 0.15) is 19.8 Å². The zero-order valence-electron chi connectivity index (χ0n) is 12.9. The Bertz CT molecular complexity index is 861. The van der Waals surface area contributed by atoms with Gasteiger partial charge < -0.3 is 4.74 Å². The highest BCUT2D eigenvalue weighted by atomic mass is 16.5. The van der Waals surface area contributed by atoms with Crippen molar-refractivity contribution in [2.24, 2.45) is 11.8 Å². The molecule has 3 aliphatic rings. The molecule has 2 amide bonds. The van der Waals surface area contributed by atoms with Gasteiger partial charge in [-0.05, 0) is 42.7 Å². The second-order valence-electron chi connectivity index (χ2n) is 7.05. The second-order valence-corrected chi connectivity index (χ2v) is 7.05. The number of hydrogen-bond donors (Lipinski definition) is 0. The molecule has 3 heterocycles. The van der Waals surface area contributed by atoms with Crippen LogP contribution in [0.25, 0.3) is 10.8 Å². The van der Waals surface area contributed by atoms with Crippen molar-refractivity contribution >= 4 is 28.3 Å². The molecule has 0 radical (unpaired) electrons. The summed E-state index contributed by atoms with van der Waals surface area (Å²) in [6.07, 6.45) is 1.65. The number of anilines is 1. The number of hydrogen-bond acceptors (Lipinski definition) is 3. The first kappa shape index (κ1) is 13.3. The smallest absolute Gasteiger partial charge is 0.240 e. The maximum Gasteiger partial charge on any atom is 0.240 e. The first-order chi connectivity index (χ1) is 11.1. The predicted molar refractivity (Wildman–Crippen MR) is 85.9 cm³/mol. The van der Waals surface area contributed by atoms with Gasteiger partial charge in [0, 0.05) is 0 Å². The Kier molecular flexibility index (Phi) is 2.42. The van der Waals surface area contributed by atoms with Gasteiger partial charge in [-0.1, -0.05) is 30.3 Å². The summed E-state index contributed by atoms with van der Waals surface area (Å²) in [5, 5.41) is 2.14. The number of fused-ring (bicyclic) bond motifs is 6. The molecule has 0 spiro atoms. The first-order valence-corrected chi connectivity index (χ1v) is 8.13. The number of benzene rings is 2. The van der Waals surface area contributed by atoms with Crippen LogP contribution < -0.4 is 4.90 Å². The fourth-order valence-corrected chi connectivity index (χ4v) is 4.65. The van der Waals surface area contributed by atoms with Gasteiger partial charge in [0.05, 0.1) is 29.2 Å². The summed E-state index contributed by atoms with van der Waals surface area (Å²) in [5.41, 5.74) is 0.212. The summed E-state index contributed by atoms with van der Waals surface area (Å²) in [7, 11) is 0.